The number of rotatable bonds is 3. The fourth-order valence-electron chi connectivity index (χ4n) is 5.82. The molecule has 36 heavy (non-hydrogen) atoms. The molecule has 2 aliphatic rings. The van der Waals surface area contributed by atoms with Gasteiger partial charge in [0.2, 0.25) is 0 Å². The van der Waals surface area contributed by atoms with Crippen molar-refractivity contribution in [2.75, 3.05) is 0 Å². The maximum Gasteiger partial charge on any atom is 0.309 e. The summed E-state index contributed by atoms with van der Waals surface area (Å²) in [5.41, 5.74) is 0.284. The van der Waals surface area contributed by atoms with E-state index < -0.39 is 42.3 Å². The summed E-state index contributed by atoms with van der Waals surface area (Å²) < 4.78 is 18.9. The standard InChI is InChI=1S/C28H42FNO5S/c1-16(10-20-15-36-23(14-29)30-20)21-11-17(2)27(4,5)9-7-8-19-13-28(6,22(31)12-24(32)35-21)26(34)18(3)25(19)33/h10,15,17-19,21-22,25,31,33H,7-9,11-14H2,1-6H3/b16-10+/t17-,18+,19+,21-,22?,25+,28+/m0/s1. The number of cyclic esters (lactones) is 1. The van der Waals surface area contributed by atoms with Crippen LogP contribution in [0.1, 0.15) is 90.8 Å². The molecule has 1 aromatic rings. The molecule has 1 saturated carbocycles. The summed E-state index contributed by atoms with van der Waals surface area (Å²) in [6.45, 7) is 11.3. The van der Waals surface area contributed by atoms with Gasteiger partial charge >= 0.3 is 5.97 Å². The molecule has 7 atom stereocenters. The van der Waals surface area contributed by atoms with Gasteiger partial charge in [-0.05, 0) is 61.5 Å². The van der Waals surface area contributed by atoms with E-state index in [1.54, 1.807) is 19.2 Å². The average molecular weight is 524 g/mol. The number of Topliss-reactive ketones (excluding diaryl/α,β-unsaturated/α-hetero) is 1. The predicted molar refractivity (Wildman–Crippen MR) is 139 cm³/mol. The quantitative estimate of drug-likeness (QED) is 0.508. The first-order valence-electron chi connectivity index (χ1n) is 13.1. The number of aromatic nitrogens is 1. The average Bonchev–Trinajstić information content (AvgIpc) is 3.27. The largest absolute Gasteiger partial charge is 0.458 e. The number of thiazole rings is 1. The molecule has 2 N–H and O–H groups in total. The first-order chi connectivity index (χ1) is 16.8. The number of aliphatic hydroxyl groups is 2. The lowest BCUT2D eigenvalue weighted by Gasteiger charge is -2.46. The molecule has 8 heteroatoms. The van der Waals surface area contributed by atoms with Gasteiger partial charge in [-0.1, -0.05) is 41.0 Å². The fraction of sp³-hybridized carbons (Fsp3) is 0.750. The summed E-state index contributed by atoms with van der Waals surface area (Å²) in [6, 6.07) is 0. The van der Waals surface area contributed by atoms with Crippen LogP contribution in [-0.4, -0.2) is 45.3 Å². The third-order valence-corrected chi connectivity index (χ3v) is 9.72. The second-order valence-corrected chi connectivity index (χ2v) is 12.9. The molecule has 2 heterocycles. The highest BCUT2D eigenvalue weighted by molar-refractivity contribution is 7.09. The van der Waals surface area contributed by atoms with E-state index in [1.165, 1.54) is 11.3 Å². The van der Waals surface area contributed by atoms with Crippen LogP contribution in [0.3, 0.4) is 0 Å². The Labute approximate surface area is 218 Å². The van der Waals surface area contributed by atoms with Gasteiger partial charge in [-0.2, -0.15) is 0 Å². The molecule has 0 radical (unpaired) electrons. The highest BCUT2D eigenvalue weighted by Crippen LogP contribution is 2.46. The minimum atomic E-state index is -1.19. The number of ether oxygens (including phenoxy) is 1. The summed E-state index contributed by atoms with van der Waals surface area (Å²) in [6.07, 6.45) is 2.62. The van der Waals surface area contributed by atoms with Gasteiger partial charge in [0.15, 0.2) is 0 Å². The lowest BCUT2D eigenvalue weighted by atomic mass is 9.60. The van der Waals surface area contributed by atoms with Gasteiger partial charge in [-0.15, -0.1) is 11.3 Å². The maximum atomic E-state index is 13.2. The van der Waals surface area contributed by atoms with Crippen LogP contribution in [0, 0.1) is 28.6 Å². The number of halogens is 1. The van der Waals surface area contributed by atoms with E-state index in [0.29, 0.717) is 23.5 Å². The third-order valence-electron chi connectivity index (χ3n) is 8.89. The molecule has 0 spiro atoms. The number of carbonyl (C=O) groups excluding carboxylic acids is 2. The maximum absolute atomic E-state index is 13.2. The molecular weight excluding hydrogens is 481 g/mol. The van der Waals surface area contributed by atoms with Crippen LogP contribution >= 0.6 is 11.3 Å². The van der Waals surface area contributed by atoms with Crippen LogP contribution in [0.25, 0.3) is 6.08 Å². The third kappa shape index (κ3) is 6.25. The molecule has 202 valence electrons. The van der Waals surface area contributed by atoms with Gasteiger partial charge in [0.1, 0.15) is 23.6 Å². The van der Waals surface area contributed by atoms with Crippen molar-refractivity contribution in [2.24, 2.45) is 28.6 Å². The van der Waals surface area contributed by atoms with Crippen LogP contribution in [0.5, 0.6) is 0 Å². The molecule has 0 amide bonds. The zero-order valence-electron chi connectivity index (χ0n) is 22.4. The monoisotopic (exact) mass is 523 g/mol. The Kier molecular flexibility index (Phi) is 9.16. The number of carbonyl (C=O) groups is 2. The van der Waals surface area contributed by atoms with Gasteiger partial charge in [0.25, 0.3) is 0 Å². The summed E-state index contributed by atoms with van der Waals surface area (Å²) in [7, 11) is 0. The van der Waals surface area contributed by atoms with E-state index in [0.717, 1.165) is 24.8 Å². The van der Waals surface area contributed by atoms with Crippen molar-refractivity contribution in [1.82, 2.24) is 4.98 Å². The molecular formula is C28H42FNO5S. The highest BCUT2D eigenvalue weighted by atomic mass is 32.1. The van der Waals surface area contributed by atoms with Crippen LogP contribution in [-0.2, 0) is 21.0 Å². The molecule has 2 fully saturated rings. The van der Waals surface area contributed by atoms with E-state index in [1.807, 2.05) is 13.0 Å². The first kappa shape index (κ1) is 28.9. The Hall–Kier alpha value is -1.64. The molecule has 1 saturated heterocycles. The van der Waals surface area contributed by atoms with Gasteiger partial charge in [-0.25, -0.2) is 9.37 Å². The van der Waals surface area contributed by atoms with Gasteiger partial charge < -0.3 is 14.9 Å². The fourth-order valence-corrected chi connectivity index (χ4v) is 6.42. The number of aliphatic hydroxyl groups excluding tert-OH is 2. The molecule has 3 rings (SSSR count). The minimum absolute atomic E-state index is 0.0407. The number of alkyl halides is 1. The van der Waals surface area contributed by atoms with E-state index >= 15 is 0 Å². The van der Waals surface area contributed by atoms with Crippen LogP contribution in [0.4, 0.5) is 4.39 Å². The summed E-state index contributed by atoms with van der Waals surface area (Å²) in [5, 5.41) is 24.1. The Morgan fingerprint density at radius 2 is 1.97 bits per heavy atom. The molecule has 1 aliphatic heterocycles. The number of fused-ring (bicyclic) bond motifs is 2. The van der Waals surface area contributed by atoms with Crippen molar-refractivity contribution in [3.8, 4) is 0 Å². The number of nitrogens with zero attached hydrogens (tertiary/aromatic N) is 1. The van der Waals surface area contributed by atoms with Crippen LogP contribution in [0.15, 0.2) is 11.0 Å². The molecule has 6 nitrogen and oxygen atoms in total. The molecule has 0 aromatic carbocycles. The lowest BCUT2D eigenvalue weighted by molar-refractivity contribution is -0.162. The first-order valence-corrected chi connectivity index (χ1v) is 13.9. The highest BCUT2D eigenvalue weighted by Gasteiger charge is 2.52. The van der Waals surface area contributed by atoms with Crippen molar-refractivity contribution in [1.29, 1.82) is 0 Å². The van der Waals surface area contributed by atoms with Crippen molar-refractivity contribution < 1.29 is 28.9 Å². The normalized spacial score (nSPS) is 36.8. The van der Waals surface area contributed by atoms with Crippen molar-refractivity contribution in [2.45, 2.75) is 105 Å². The Morgan fingerprint density at radius 1 is 1.28 bits per heavy atom. The predicted octanol–water partition coefficient (Wildman–Crippen LogP) is 5.51. The van der Waals surface area contributed by atoms with Crippen LogP contribution in [0.2, 0.25) is 0 Å². The van der Waals surface area contributed by atoms with Gasteiger partial charge in [0.05, 0.1) is 29.7 Å². The van der Waals surface area contributed by atoms with Gasteiger partial charge in [0, 0.05) is 11.3 Å². The number of esters is 1. The lowest BCUT2D eigenvalue weighted by Crippen LogP contribution is -2.54. The zero-order chi connectivity index (χ0) is 26.8. The molecule has 1 unspecified atom stereocenters. The van der Waals surface area contributed by atoms with E-state index in [4.69, 9.17) is 4.74 Å². The minimum Gasteiger partial charge on any atom is -0.458 e. The molecule has 1 aliphatic carbocycles. The Morgan fingerprint density at radius 3 is 2.61 bits per heavy atom. The molecule has 1 aromatic heterocycles. The second kappa shape index (κ2) is 11.4. The summed E-state index contributed by atoms with van der Waals surface area (Å²) in [5.74, 6) is -1.25. The number of hydrogen-bond acceptors (Lipinski definition) is 7. The van der Waals surface area contributed by atoms with E-state index in [9.17, 15) is 24.2 Å². The van der Waals surface area contributed by atoms with Crippen molar-refractivity contribution >= 4 is 29.2 Å². The Balaban J connectivity index is 1.91. The zero-order valence-corrected chi connectivity index (χ0v) is 23.2. The topological polar surface area (TPSA) is 96.7 Å². The second-order valence-electron chi connectivity index (χ2n) is 11.9. The Bertz CT molecular complexity index is 975. The smallest absolute Gasteiger partial charge is 0.309 e. The van der Waals surface area contributed by atoms with Crippen molar-refractivity contribution in [3.05, 3.63) is 21.7 Å². The number of ketones is 1. The van der Waals surface area contributed by atoms with Crippen LogP contribution < -0.4 is 0 Å². The number of hydrogen-bond donors (Lipinski definition) is 2. The SMILES string of the molecule is C/C(=C\c1csc(CF)n1)[C@@H]1C[C@H](C)C(C)(C)CCC[C@@H]2C[C@@](C)(C(=O)[C@H](C)[C@H]2O)C(O)CC(=O)O1. The van der Waals surface area contributed by atoms with Crippen molar-refractivity contribution in [3.63, 3.8) is 0 Å². The van der Waals surface area contributed by atoms with E-state index in [2.05, 4.69) is 25.8 Å². The van der Waals surface area contributed by atoms with E-state index in [-0.39, 0.29) is 29.5 Å². The summed E-state index contributed by atoms with van der Waals surface area (Å²) in [4.78, 5) is 30.5. The molecule has 2 bridgehead atoms. The summed E-state index contributed by atoms with van der Waals surface area (Å²) >= 11 is 1.25. The van der Waals surface area contributed by atoms with Gasteiger partial charge in [-0.3, -0.25) is 9.59 Å².